The second-order valence-corrected chi connectivity index (χ2v) is 7.41. The molecule has 4 nitrogen and oxygen atoms in total. The van der Waals surface area contributed by atoms with Crippen molar-refractivity contribution in [3.8, 4) is 0 Å². The van der Waals surface area contributed by atoms with E-state index in [4.69, 9.17) is 4.74 Å². The number of hydrogen-bond acceptors (Lipinski definition) is 3. The number of anilines is 1. The van der Waals surface area contributed by atoms with E-state index in [2.05, 4.69) is 53.3 Å². The van der Waals surface area contributed by atoms with Crippen LogP contribution >= 0.6 is 0 Å². The number of fused-ring (bicyclic) bond motifs is 1. The third-order valence-corrected chi connectivity index (χ3v) is 5.38. The van der Waals surface area contributed by atoms with E-state index in [1.807, 2.05) is 55.6 Å². The molecule has 0 aliphatic rings. The number of esters is 1. The van der Waals surface area contributed by atoms with Crippen LogP contribution in [0.5, 0.6) is 0 Å². The van der Waals surface area contributed by atoms with Gasteiger partial charge in [-0.2, -0.15) is 0 Å². The second-order valence-electron chi connectivity index (χ2n) is 7.41. The first-order valence-corrected chi connectivity index (χ1v) is 10.2. The number of carbonyl (C=O) groups is 1. The minimum Gasteiger partial charge on any atom is -0.465 e. The van der Waals surface area contributed by atoms with Gasteiger partial charge in [0.05, 0.1) is 6.61 Å². The quantitative estimate of drug-likeness (QED) is 0.418. The fourth-order valence-electron chi connectivity index (χ4n) is 3.87. The molecule has 1 atom stereocenters. The van der Waals surface area contributed by atoms with Crippen LogP contribution in [-0.4, -0.2) is 24.6 Å². The van der Waals surface area contributed by atoms with Crippen LogP contribution in [0.25, 0.3) is 10.9 Å². The minimum absolute atomic E-state index is 0.229. The topological polar surface area (TPSA) is 45.3 Å². The highest BCUT2D eigenvalue weighted by molar-refractivity contribution is 5.92. The maximum absolute atomic E-state index is 12.9. The summed E-state index contributed by atoms with van der Waals surface area (Å²) >= 11 is 0. The Morgan fingerprint density at radius 1 is 0.967 bits per heavy atom. The fraction of sp³-hybridized carbons (Fsp3) is 0.192. The lowest BCUT2D eigenvalue weighted by molar-refractivity contribution is -0.143. The summed E-state index contributed by atoms with van der Waals surface area (Å²) in [6.07, 6.45) is 1.92. The van der Waals surface area contributed by atoms with Crippen molar-refractivity contribution in [2.24, 2.45) is 0 Å². The monoisotopic (exact) mass is 398 g/mol. The van der Waals surface area contributed by atoms with Gasteiger partial charge in [-0.3, -0.25) is 4.79 Å². The van der Waals surface area contributed by atoms with Gasteiger partial charge in [0.1, 0.15) is 5.92 Å². The smallest absolute Gasteiger partial charge is 0.317 e. The molecule has 4 aromatic rings. The molecule has 30 heavy (non-hydrogen) atoms. The number of ether oxygens (including phenoxy) is 1. The van der Waals surface area contributed by atoms with Gasteiger partial charge >= 0.3 is 5.97 Å². The Hall–Kier alpha value is -3.53. The van der Waals surface area contributed by atoms with E-state index in [1.165, 1.54) is 5.56 Å². The fourth-order valence-corrected chi connectivity index (χ4v) is 3.87. The lowest BCUT2D eigenvalue weighted by atomic mass is 9.91. The number of benzene rings is 3. The van der Waals surface area contributed by atoms with Gasteiger partial charge in [-0.1, -0.05) is 60.7 Å². The molecule has 1 unspecified atom stereocenters. The third-order valence-electron chi connectivity index (χ3n) is 5.38. The standard InChI is InChI=1S/C26H26N2O2/c1-3-30-26(29)25(23-17-27-24-12-8-7-11-22(23)24)20-13-15-21(16-14-20)28(2)18-19-9-5-4-6-10-19/h4-17,25,27H,3,18H2,1-2H3. The van der Waals surface area contributed by atoms with Gasteiger partial charge in [-0.25, -0.2) is 0 Å². The van der Waals surface area contributed by atoms with E-state index < -0.39 is 5.92 Å². The second kappa shape index (κ2) is 8.87. The van der Waals surface area contributed by atoms with Crippen LogP contribution < -0.4 is 4.90 Å². The number of aromatic amines is 1. The SMILES string of the molecule is CCOC(=O)C(c1ccc(N(C)Cc2ccccc2)cc1)c1c[nH]c2ccccc12. The molecule has 0 aliphatic heterocycles. The van der Waals surface area contributed by atoms with Crippen molar-refractivity contribution >= 4 is 22.6 Å². The number of hydrogen-bond donors (Lipinski definition) is 1. The minimum atomic E-state index is -0.463. The van der Waals surface area contributed by atoms with E-state index in [9.17, 15) is 4.79 Å². The molecule has 3 aromatic carbocycles. The number of rotatable bonds is 7. The van der Waals surface area contributed by atoms with Gasteiger partial charge in [0, 0.05) is 36.4 Å². The molecule has 0 amide bonds. The predicted molar refractivity (Wildman–Crippen MR) is 122 cm³/mol. The van der Waals surface area contributed by atoms with E-state index in [1.54, 1.807) is 0 Å². The number of nitrogens with zero attached hydrogens (tertiary/aromatic N) is 1. The summed E-state index contributed by atoms with van der Waals surface area (Å²) in [5.41, 5.74) is 5.24. The van der Waals surface area contributed by atoms with E-state index in [0.717, 1.165) is 34.3 Å². The highest BCUT2D eigenvalue weighted by Gasteiger charge is 2.26. The van der Waals surface area contributed by atoms with Crippen molar-refractivity contribution in [1.82, 2.24) is 4.98 Å². The van der Waals surface area contributed by atoms with Crippen LogP contribution in [0.15, 0.2) is 85.1 Å². The van der Waals surface area contributed by atoms with Crippen LogP contribution in [0.2, 0.25) is 0 Å². The molecular formula is C26H26N2O2. The molecule has 0 saturated heterocycles. The first-order chi connectivity index (χ1) is 14.7. The number of para-hydroxylation sites is 1. The molecule has 152 valence electrons. The summed E-state index contributed by atoms with van der Waals surface area (Å²) in [5, 5.41) is 1.04. The van der Waals surface area contributed by atoms with Gasteiger partial charge in [0.15, 0.2) is 0 Å². The molecule has 0 aliphatic carbocycles. The zero-order valence-electron chi connectivity index (χ0n) is 17.3. The molecule has 4 heteroatoms. The first kappa shape index (κ1) is 19.8. The largest absolute Gasteiger partial charge is 0.465 e. The molecule has 0 saturated carbocycles. The normalized spacial score (nSPS) is 11.9. The van der Waals surface area contributed by atoms with Crippen molar-refractivity contribution in [1.29, 1.82) is 0 Å². The van der Waals surface area contributed by atoms with Crippen LogP contribution in [0.1, 0.15) is 29.5 Å². The highest BCUT2D eigenvalue weighted by atomic mass is 16.5. The molecular weight excluding hydrogens is 372 g/mol. The Labute approximate surface area is 177 Å². The summed E-state index contributed by atoms with van der Waals surface area (Å²) in [6.45, 7) is 3.02. The zero-order valence-corrected chi connectivity index (χ0v) is 17.3. The Morgan fingerprint density at radius 2 is 1.67 bits per heavy atom. The van der Waals surface area contributed by atoms with Crippen molar-refractivity contribution in [3.63, 3.8) is 0 Å². The lowest BCUT2D eigenvalue weighted by Gasteiger charge is -2.21. The third kappa shape index (κ3) is 4.08. The summed E-state index contributed by atoms with van der Waals surface area (Å²) in [5.74, 6) is -0.692. The van der Waals surface area contributed by atoms with Gasteiger partial charge in [-0.05, 0) is 41.8 Å². The molecule has 1 heterocycles. The number of nitrogens with one attached hydrogen (secondary N) is 1. The Bertz CT molecular complexity index is 1120. The molecule has 0 fully saturated rings. The predicted octanol–water partition coefficient (Wildman–Crippen LogP) is 5.50. The van der Waals surface area contributed by atoms with Crippen molar-refractivity contribution in [2.45, 2.75) is 19.4 Å². The van der Waals surface area contributed by atoms with Crippen molar-refractivity contribution in [3.05, 3.63) is 102 Å². The molecule has 4 rings (SSSR count). The number of carbonyl (C=O) groups excluding carboxylic acids is 1. The summed E-state index contributed by atoms with van der Waals surface area (Å²) in [6, 6.07) is 26.6. The van der Waals surface area contributed by atoms with E-state index >= 15 is 0 Å². The molecule has 0 bridgehead atoms. The summed E-state index contributed by atoms with van der Waals surface area (Å²) in [4.78, 5) is 18.4. The van der Waals surface area contributed by atoms with Crippen LogP contribution in [0.3, 0.4) is 0 Å². The van der Waals surface area contributed by atoms with E-state index in [0.29, 0.717) is 6.61 Å². The zero-order chi connectivity index (χ0) is 20.9. The van der Waals surface area contributed by atoms with Crippen LogP contribution in [0, 0.1) is 0 Å². The van der Waals surface area contributed by atoms with Gasteiger partial charge in [0.25, 0.3) is 0 Å². The Kier molecular flexibility index (Phi) is 5.84. The van der Waals surface area contributed by atoms with Crippen molar-refractivity contribution < 1.29 is 9.53 Å². The van der Waals surface area contributed by atoms with E-state index in [-0.39, 0.29) is 5.97 Å². The number of H-pyrrole nitrogens is 1. The van der Waals surface area contributed by atoms with Gasteiger partial charge < -0.3 is 14.6 Å². The van der Waals surface area contributed by atoms with Crippen LogP contribution in [-0.2, 0) is 16.1 Å². The van der Waals surface area contributed by atoms with Gasteiger partial charge in [0.2, 0.25) is 0 Å². The lowest BCUT2D eigenvalue weighted by Crippen LogP contribution is -2.18. The maximum atomic E-state index is 12.9. The highest BCUT2D eigenvalue weighted by Crippen LogP contribution is 2.33. The molecule has 1 N–H and O–H groups in total. The molecule has 1 aromatic heterocycles. The average Bonchev–Trinajstić information content (AvgIpc) is 3.19. The summed E-state index contributed by atoms with van der Waals surface area (Å²) < 4.78 is 5.42. The summed E-state index contributed by atoms with van der Waals surface area (Å²) in [7, 11) is 2.07. The molecule has 0 spiro atoms. The average molecular weight is 399 g/mol. The van der Waals surface area contributed by atoms with Gasteiger partial charge in [-0.15, -0.1) is 0 Å². The van der Waals surface area contributed by atoms with Crippen molar-refractivity contribution in [2.75, 3.05) is 18.6 Å². The number of aromatic nitrogens is 1. The van der Waals surface area contributed by atoms with Crippen LogP contribution in [0.4, 0.5) is 5.69 Å². The molecule has 0 radical (unpaired) electrons. The maximum Gasteiger partial charge on any atom is 0.317 e. The Balaban J connectivity index is 1.64. The Morgan fingerprint density at radius 3 is 2.40 bits per heavy atom. The first-order valence-electron chi connectivity index (χ1n) is 10.2.